The van der Waals surface area contributed by atoms with E-state index in [4.69, 9.17) is 4.74 Å². The van der Waals surface area contributed by atoms with Gasteiger partial charge in [0.2, 0.25) is 0 Å². The second-order valence-electron chi connectivity index (χ2n) is 9.35. The fourth-order valence-electron chi connectivity index (χ4n) is 7.38. The number of methoxy groups -OCH3 is 1. The summed E-state index contributed by atoms with van der Waals surface area (Å²) < 4.78 is 5.17. The van der Waals surface area contributed by atoms with Gasteiger partial charge in [0.25, 0.3) is 0 Å². The molecule has 0 unspecified atom stereocenters. The van der Waals surface area contributed by atoms with Gasteiger partial charge in [-0.05, 0) is 61.7 Å². The molecule has 132 valence electrons. The first-order valence-electron chi connectivity index (χ1n) is 9.41. The number of Topliss-reactive ketones (excluding diaryl/α,β-unsaturated/α-hetero) is 2. The first-order valence-corrected chi connectivity index (χ1v) is 9.41. The van der Waals surface area contributed by atoms with E-state index in [9.17, 15) is 14.4 Å². The van der Waals surface area contributed by atoms with Gasteiger partial charge in [-0.3, -0.25) is 14.4 Å². The first kappa shape index (κ1) is 16.3. The average molecular weight is 332 g/mol. The highest BCUT2D eigenvalue weighted by atomic mass is 16.5. The zero-order valence-electron chi connectivity index (χ0n) is 15.0. The normalized spacial score (nSPS) is 50.2. The van der Waals surface area contributed by atoms with Crippen molar-refractivity contribution in [3.8, 4) is 0 Å². The maximum Gasteiger partial charge on any atom is 0.311 e. The third-order valence-electron chi connectivity index (χ3n) is 8.40. The second kappa shape index (κ2) is 4.92. The van der Waals surface area contributed by atoms with Gasteiger partial charge in [-0.25, -0.2) is 0 Å². The lowest BCUT2D eigenvalue weighted by Gasteiger charge is -2.66. The molecule has 5 rings (SSSR count). The Bertz CT molecular complexity index is 605. The van der Waals surface area contributed by atoms with Crippen LogP contribution in [0.4, 0.5) is 0 Å². The molecule has 24 heavy (non-hydrogen) atoms. The van der Waals surface area contributed by atoms with Crippen LogP contribution in [0.25, 0.3) is 0 Å². The molecule has 0 saturated heterocycles. The summed E-state index contributed by atoms with van der Waals surface area (Å²) in [5.74, 6) is 0.605. The highest BCUT2D eigenvalue weighted by Gasteiger charge is 2.67. The standard InChI is InChI=1S/C20H28O4/c1-18-6-4-7-19(2,17(23)24-3)15(18)5-8-20-10-13(21)12(9-16(18)20)14(22)11-20/h12,15-16H,4-11H2,1-3H3/t12?,15-,16-,18+,19+,20?/m0/s1. The van der Waals surface area contributed by atoms with Crippen molar-refractivity contribution in [3.63, 3.8) is 0 Å². The van der Waals surface area contributed by atoms with E-state index < -0.39 is 5.41 Å². The van der Waals surface area contributed by atoms with Crippen molar-refractivity contribution in [1.29, 1.82) is 0 Å². The molecule has 5 saturated carbocycles. The molecule has 0 radical (unpaired) electrons. The molecule has 0 N–H and O–H groups in total. The lowest BCUT2D eigenvalue weighted by atomic mass is 9.37. The van der Waals surface area contributed by atoms with E-state index in [-0.39, 0.29) is 34.3 Å². The second-order valence-corrected chi connectivity index (χ2v) is 9.35. The molecule has 0 amide bonds. The molecule has 2 bridgehead atoms. The molecule has 4 heteroatoms. The quantitative estimate of drug-likeness (QED) is 0.546. The summed E-state index contributed by atoms with van der Waals surface area (Å²) in [6.07, 6.45) is 6.77. The molecular formula is C20H28O4. The lowest BCUT2D eigenvalue weighted by Crippen LogP contribution is -2.64. The fraction of sp³-hybridized carbons (Fsp3) is 0.850. The van der Waals surface area contributed by atoms with Crippen LogP contribution >= 0.6 is 0 Å². The largest absolute Gasteiger partial charge is 0.469 e. The summed E-state index contributed by atoms with van der Waals surface area (Å²) in [6.45, 7) is 4.41. The van der Waals surface area contributed by atoms with Gasteiger partial charge in [-0.15, -0.1) is 0 Å². The van der Waals surface area contributed by atoms with Gasteiger partial charge in [0.05, 0.1) is 18.4 Å². The van der Waals surface area contributed by atoms with Crippen molar-refractivity contribution < 1.29 is 19.1 Å². The van der Waals surface area contributed by atoms with Gasteiger partial charge < -0.3 is 4.74 Å². The minimum Gasteiger partial charge on any atom is -0.469 e. The monoisotopic (exact) mass is 332 g/mol. The van der Waals surface area contributed by atoms with Crippen LogP contribution in [-0.4, -0.2) is 24.6 Å². The van der Waals surface area contributed by atoms with E-state index in [1.54, 1.807) is 0 Å². The molecule has 1 spiro atoms. The topological polar surface area (TPSA) is 60.4 Å². The fourth-order valence-corrected chi connectivity index (χ4v) is 7.38. The van der Waals surface area contributed by atoms with Crippen molar-refractivity contribution in [2.45, 2.75) is 65.2 Å². The van der Waals surface area contributed by atoms with Gasteiger partial charge in [0.1, 0.15) is 11.6 Å². The van der Waals surface area contributed by atoms with Gasteiger partial charge in [-0.1, -0.05) is 13.3 Å². The molecule has 0 aliphatic heterocycles. The van der Waals surface area contributed by atoms with E-state index in [0.29, 0.717) is 24.7 Å². The number of esters is 1. The maximum atomic E-state index is 12.6. The zero-order chi connectivity index (χ0) is 17.3. The molecular weight excluding hydrogens is 304 g/mol. The van der Waals surface area contributed by atoms with Gasteiger partial charge in [-0.2, -0.15) is 0 Å². The molecule has 5 aliphatic carbocycles. The van der Waals surface area contributed by atoms with Gasteiger partial charge >= 0.3 is 5.97 Å². The Hall–Kier alpha value is -1.19. The number of ether oxygens (including phenoxy) is 1. The summed E-state index contributed by atoms with van der Waals surface area (Å²) in [6, 6.07) is 0. The van der Waals surface area contributed by atoms with Crippen LogP contribution in [0, 0.1) is 34.0 Å². The van der Waals surface area contributed by atoms with E-state index >= 15 is 0 Å². The molecule has 0 aromatic heterocycles. The van der Waals surface area contributed by atoms with Crippen molar-refractivity contribution in [2.24, 2.45) is 34.0 Å². The van der Waals surface area contributed by atoms with Crippen LogP contribution in [0.5, 0.6) is 0 Å². The molecule has 0 heterocycles. The first-order chi connectivity index (χ1) is 11.3. The van der Waals surface area contributed by atoms with E-state index in [0.717, 1.165) is 38.5 Å². The maximum absolute atomic E-state index is 12.6. The highest BCUT2D eigenvalue weighted by molar-refractivity contribution is 6.06. The number of hydrogen-bond acceptors (Lipinski definition) is 4. The molecule has 5 aliphatic rings. The smallest absolute Gasteiger partial charge is 0.311 e. The number of fused-ring (bicyclic) bond motifs is 3. The van der Waals surface area contributed by atoms with Crippen LogP contribution in [0.3, 0.4) is 0 Å². The summed E-state index contributed by atoms with van der Waals surface area (Å²) >= 11 is 0. The van der Waals surface area contributed by atoms with Crippen molar-refractivity contribution in [3.05, 3.63) is 0 Å². The van der Waals surface area contributed by atoms with Gasteiger partial charge in [0, 0.05) is 12.8 Å². The van der Waals surface area contributed by atoms with Crippen LogP contribution in [0.15, 0.2) is 0 Å². The van der Waals surface area contributed by atoms with Crippen LogP contribution in [0.2, 0.25) is 0 Å². The van der Waals surface area contributed by atoms with Crippen molar-refractivity contribution in [2.75, 3.05) is 7.11 Å². The third-order valence-corrected chi connectivity index (χ3v) is 8.40. The lowest BCUT2D eigenvalue weighted by molar-refractivity contribution is -0.198. The summed E-state index contributed by atoms with van der Waals surface area (Å²) in [7, 11) is 1.49. The Labute approximate surface area is 143 Å². The van der Waals surface area contributed by atoms with Crippen LogP contribution < -0.4 is 0 Å². The molecule has 0 aromatic rings. The highest BCUT2D eigenvalue weighted by Crippen LogP contribution is 2.70. The predicted octanol–water partition coefficient (Wildman–Crippen LogP) is 3.32. The Morgan fingerprint density at radius 2 is 1.71 bits per heavy atom. The van der Waals surface area contributed by atoms with E-state index in [2.05, 4.69) is 13.8 Å². The van der Waals surface area contributed by atoms with Crippen molar-refractivity contribution in [1.82, 2.24) is 0 Å². The number of carbonyl (C=O) groups excluding carboxylic acids is 3. The Morgan fingerprint density at radius 1 is 1.04 bits per heavy atom. The Kier molecular flexibility index (Phi) is 3.34. The SMILES string of the molecule is COC(=O)[C@]1(C)CCC[C@@]2(C)[C@@H]3CC4C(=O)CC3(CC[C@@H]21)CC4=O. The minimum atomic E-state index is -0.423. The molecule has 4 nitrogen and oxygen atoms in total. The summed E-state index contributed by atoms with van der Waals surface area (Å²) in [4.78, 5) is 37.3. The van der Waals surface area contributed by atoms with Crippen LogP contribution in [-0.2, 0) is 19.1 Å². The summed E-state index contributed by atoms with van der Waals surface area (Å²) in [5, 5.41) is 0. The number of hydrogen-bond donors (Lipinski definition) is 0. The van der Waals surface area contributed by atoms with E-state index in [1.165, 1.54) is 7.11 Å². The van der Waals surface area contributed by atoms with Crippen LogP contribution in [0.1, 0.15) is 65.2 Å². The third kappa shape index (κ3) is 1.83. The zero-order valence-corrected chi connectivity index (χ0v) is 15.0. The van der Waals surface area contributed by atoms with E-state index in [1.807, 2.05) is 0 Å². The average Bonchev–Trinajstić information content (AvgIpc) is 2.52. The Balaban J connectivity index is 1.75. The number of ketones is 2. The molecule has 4 atom stereocenters. The Morgan fingerprint density at radius 3 is 2.33 bits per heavy atom. The molecule has 5 fully saturated rings. The van der Waals surface area contributed by atoms with Crippen molar-refractivity contribution >= 4 is 17.5 Å². The number of carbonyl (C=O) groups is 3. The molecule has 0 aromatic carbocycles. The predicted molar refractivity (Wildman–Crippen MR) is 88.1 cm³/mol. The summed E-state index contributed by atoms with van der Waals surface area (Å²) in [5.41, 5.74) is -0.504. The number of rotatable bonds is 1. The van der Waals surface area contributed by atoms with Gasteiger partial charge in [0.15, 0.2) is 0 Å². The minimum absolute atomic E-state index is 0.0408.